The Morgan fingerprint density at radius 1 is 1.00 bits per heavy atom. The average molecular weight is 342 g/mol. The summed E-state index contributed by atoms with van der Waals surface area (Å²) in [6.45, 7) is 0.584. The van der Waals surface area contributed by atoms with Crippen molar-refractivity contribution in [3.05, 3.63) is 83.1 Å². The highest BCUT2D eigenvalue weighted by Gasteiger charge is 2.08. The molecule has 0 spiro atoms. The van der Waals surface area contributed by atoms with E-state index in [2.05, 4.69) is 11.4 Å². The third kappa shape index (κ3) is 3.87. The summed E-state index contributed by atoms with van der Waals surface area (Å²) in [6, 6.07) is 20.0. The van der Waals surface area contributed by atoms with Crippen molar-refractivity contribution in [1.82, 2.24) is 0 Å². The van der Waals surface area contributed by atoms with E-state index < -0.39 is 0 Å². The van der Waals surface area contributed by atoms with Crippen molar-refractivity contribution in [2.24, 2.45) is 0 Å². The Bertz CT molecular complexity index is 851. The Hall–Kier alpha value is -2.52. The second-order valence-electron chi connectivity index (χ2n) is 5.41. The van der Waals surface area contributed by atoms with Gasteiger partial charge in [0.1, 0.15) is 11.6 Å². The molecule has 122 valence electrons. The number of nitrogens with one attached hydrogen (secondary N) is 1. The van der Waals surface area contributed by atoms with E-state index in [4.69, 9.17) is 16.3 Å². The molecule has 0 heterocycles. The number of benzene rings is 3. The van der Waals surface area contributed by atoms with Gasteiger partial charge in [0, 0.05) is 22.8 Å². The number of methoxy groups -OCH3 is 1. The van der Waals surface area contributed by atoms with Crippen LogP contribution in [0, 0.1) is 5.82 Å². The van der Waals surface area contributed by atoms with E-state index in [1.54, 1.807) is 13.2 Å². The molecule has 0 saturated heterocycles. The van der Waals surface area contributed by atoms with E-state index in [1.165, 1.54) is 12.1 Å². The van der Waals surface area contributed by atoms with Gasteiger partial charge in [0.05, 0.1) is 7.11 Å². The SMILES string of the molecule is COc1ccc(CNc2cccc(F)c2)cc1-c1cccc(Cl)c1. The van der Waals surface area contributed by atoms with Crippen LogP contribution in [0.3, 0.4) is 0 Å². The number of hydrogen-bond acceptors (Lipinski definition) is 2. The summed E-state index contributed by atoms with van der Waals surface area (Å²) in [6.07, 6.45) is 0. The highest BCUT2D eigenvalue weighted by molar-refractivity contribution is 6.30. The lowest BCUT2D eigenvalue weighted by Gasteiger charge is -2.12. The predicted octanol–water partition coefficient (Wildman–Crippen LogP) is 5.77. The highest BCUT2D eigenvalue weighted by Crippen LogP contribution is 2.32. The van der Waals surface area contributed by atoms with Crippen molar-refractivity contribution in [2.75, 3.05) is 12.4 Å². The van der Waals surface area contributed by atoms with Gasteiger partial charge in [-0.05, 0) is 53.6 Å². The number of halogens is 2. The smallest absolute Gasteiger partial charge is 0.126 e. The molecule has 4 heteroatoms. The molecule has 2 nitrogen and oxygen atoms in total. The van der Waals surface area contributed by atoms with Gasteiger partial charge in [0.2, 0.25) is 0 Å². The maximum absolute atomic E-state index is 13.2. The summed E-state index contributed by atoms with van der Waals surface area (Å²) in [5.74, 6) is 0.529. The zero-order chi connectivity index (χ0) is 16.9. The predicted molar refractivity (Wildman–Crippen MR) is 97.2 cm³/mol. The van der Waals surface area contributed by atoms with Crippen molar-refractivity contribution in [1.29, 1.82) is 0 Å². The lowest BCUT2D eigenvalue weighted by Crippen LogP contribution is -2.00. The maximum Gasteiger partial charge on any atom is 0.126 e. The normalized spacial score (nSPS) is 10.5. The minimum absolute atomic E-state index is 0.255. The minimum Gasteiger partial charge on any atom is -0.496 e. The Labute approximate surface area is 145 Å². The molecule has 0 saturated carbocycles. The quantitative estimate of drug-likeness (QED) is 0.636. The molecule has 0 aliphatic rings. The lowest BCUT2D eigenvalue weighted by atomic mass is 10.0. The summed E-state index contributed by atoms with van der Waals surface area (Å²) in [5, 5.41) is 3.90. The van der Waals surface area contributed by atoms with E-state index in [1.807, 2.05) is 42.5 Å². The topological polar surface area (TPSA) is 21.3 Å². The average Bonchev–Trinajstić information content (AvgIpc) is 2.60. The van der Waals surface area contributed by atoms with Crippen molar-refractivity contribution >= 4 is 17.3 Å². The molecule has 0 atom stereocenters. The van der Waals surface area contributed by atoms with Gasteiger partial charge in [-0.25, -0.2) is 4.39 Å². The van der Waals surface area contributed by atoms with Crippen LogP contribution in [0.2, 0.25) is 5.02 Å². The Morgan fingerprint density at radius 3 is 2.58 bits per heavy atom. The fourth-order valence-electron chi connectivity index (χ4n) is 2.55. The minimum atomic E-state index is -0.255. The van der Waals surface area contributed by atoms with Gasteiger partial charge < -0.3 is 10.1 Å². The van der Waals surface area contributed by atoms with Gasteiger partial charge in [-0.15, -0.1) is 0 Å². The van der Waals surface area contributed by atoms with Crippen LogP contribution in [-0.2, 0) is 6.54 Å². The largest absolute Gasteiger partial charge is 0.496 e. The first-order valence-corrected chi connectivity index (χ1v) is 7.96. The van der Waals surface area contributed by atoms with Crippen LogP contribution in [-0.4, -0.2) is 7.11 Å². The third-order valence-electron chi connectivity index (χ3n) is 3.72. The van der Waals surface area contributed by atoms with Crippen LogP contribution >= 0.6 is 11.6 Å². The first-order chi connectivity index (χ1) is 11.7. The standard InChI is InChI=1S/C20H17ClFNO/c1-24-20-9-8-14(13-23-18-7-3-6-17(22)12-18)10-19(20)15-4-2-5-16(21)11-15/h2-12,23H,13H2,1H3. The molecule has 3 rings (SSSR count). The second-order valence-corrected chi connectivity index (χ2v) is 5.85. The zero-order valence-electron chi connectivity index (χ0n) is 13.2. The molecule has 0 amide bonds. The first kappa shape index (κ1) is 16.3. The fourth-order valence-corrected chi connectivity index (χ4v) is 2.74. The first-order valence-electron chi connectivity index (χ1n) is 7.58. The van der Waals surface area contributed by atoms with Gasteiger partial charge in [-0.2, -0.15) is 0 Å². The van der Waals surface area contributed by atoms with Crippen LogP contribution in [0.25, 0.3) is 11.1 Å². The molecule has 0 fully saturated rings. The molecule has 0 bridgehead atoms. The number of hydrogen-bond donors (Lipinski definition) is 1. The van der Waals surface area contributed by atoms with E-state index >= 15 is 0 Å². The molecule has 0 aliphatic carbocycles. The summed E-state index contributed by atoms with van der Waals surface area (Å²) in [5.41, 5.74) is 3.77. The van der Waals surface area contributed by atoms with Gasteiger partial charge in [-0.1, -0.05) is 35.9 Å². The molecule has 0 unspecified atom stereocenters. The van der Waals surface area contributed by atoms with Crippen LogP contribution in [0.1, 0.15) is 5.56 Å². The van der Waals surface area contributed by atoms with Gasteiger partial charge in [0.15, 0.2) is 0 Å². The van der Waals surface area contributed by atoms with E-state index in [0.29, 0.717) is 11.6 Å². The molecular formula is C20H17ClFNO. The number of rotatable bonds is 5. The highest BCUT2D eigenvalue weighted by atomic mass is 35.5. The van der Waals surface area contributed by atoms with E-state index in [-0.39, 0.29) is 5.82 Å². The van der Waals surface area contributed by atoms with Crippen LogP contribution in [0.4, 0.5) is 10.1 Å². The lowest BCUT2D eigenvalue weighted by molar-refractivity contribution is 0.416. The molecular weight excluding hydrogens is 325 g/mol. The molecule has 3 aromatic carbocycles. The monoisotopic (exact) mass is 341 g/mol. The number of anilines is 1. The fraction of sp³-hybridized carbons (Fsp3) is 0.100. The second kappa shape index (κ2) is 7.37. The van der Waals surface area contributed by atoms with E-state index in [0.717, 1.165) is 28.1 Å². The van der Waals surface area contributed by atoms with E-state index in [9.17, 15) is 4.39 Å². The molecule has 0 aromatic heterocycles. The molecule has 1 N–H and O–H groups in total. The Morgan fingerprint density at radius 2 is 1.83 bits per heavy atom. The Kier molecular flexibility index (Phi) is 5.02. The van der Waals surface area contributed by atoms with Crippen molar-refractivity contribution < 1.29 is 9.13 Å². The summed E-state index contributed by atoms with van der Waals surface area (Å²) >= 11 is 6.10. The van der Waals surface area contributed by atoms with Gasteiger partial charge in [-0.3, -0.25) is 0 Å². The van der Waals surface area contributed by atoms with Crippen molar-refractivity contribution in [3.8, 4) is 16.9 Å². The van der Waals surface area contributed by atoms with Gasteiger partial charge >= 0.3 is 0 Å². The van der Waals surface area contributed by atoms with Gasteiger partial charge in [0.25, 0.3) is 0 Å². The van der Waals surface area contributed by atoms with Crippen LogP contribution in [0.5, 0.6) is 5.75 Å². The molecule has 0 aliphatic heterocycles. The summed E-state index contributed by atoms with van der Waals surface area (Å²) < 4.78 is 18.7. The zero-order valence-corrected chi connectivity index (χ0v) is 14.0. The molecule has 3 aromatic rings. The van der Waals surface area contributed by atoms with Crippen molar-refractivity contribution in [2.45, 2.75) is 6.54 Å². The van der Waals surface area contributed by atoms with Crippen LogP contribution in [0.15, 0.2) is 66.7 Å². The molecule has 24 heavy (non-hydrogen) atoms. The van der Waals surface area contributed by atoms with Crippen LogP contribution < -0.4 is 10.1 Å². The molecule has 0 radical (unpaired) electrons. The summed E-state index contributed by atoms with van der Waals surface area (Å²) in [4.78, 5) is 0. The Balaban J connectivity index is 1.86. The number of ether oxygens (including phenoxy) is 1. The summed E-state index contributed by atoms with van der Waals surface area (Å²) in [7, 11) is 1.65. The third-order valence-corrected chi connectivity index (χ3v) is 3.96. The maximum atomic E-state index is 13.2. The van der Waals surface area contributed by atoms with Crippen molar-refractivity contribution in [3.63, 3.8) is 0 Å².